The van der Waals surface area contributed by atoms with Crippen molar-refractivity contribution < 1.29 is 14.3 Å². The average molecular weight is 282 g/mol. The van der Waals surface area contributed by atoms with E-state index in [1.807, 2.05) is 6.07 Å². The molecule has 5 heteroatoms. The van der Waals surface area contributed by atoms with Gasteiger partial charge in [-0.2, -0.15) is 0 Å². The first kappa shape index (κ1) is 14.5. The maximum absolute atomic E-state index is 12.1. The van der Waals surface area contributed by atoms with Crippen LogP contribution < -0.4 is 5.32 Å². The van der Waals surface area contributed by atoms with Gasteiger partial charge in [0.05, 0.1) is 12.8 Å². The highest BCUT2D eigenvalue weighted by Gasteiger charge is 2.14. The van der Waals surface area contributed by atoms with Gasteiger partial charge in [0.25, 0.3) is 5.91 Å². The molecular formula is C16H14N2O3. The molecule has 2 rings (SSSR count). The number of nitrogens with one attached hydrogen (secondary N) is 1. The lowest BCUT2D eigenvalue weighted by Crippen LogP contribution is -2.28. The molecule has 0 aliphatic rings. The van der Waals surface area contributed by atoms with E-state index in [4.69, 9.17) is 0 Å². The molecule has 0 unspecified atom stereocenters. The number of ether oxygens (including phenoxy) is 1. The molecular weight excluding hydrogens is 268 g/mol. The Morgan fingerprint density at radius 1 is 1.10 bits per heavy atom. The molecule has 1 N–H and O–H groups in total. The lowest BCUT2D eigenvalue weighted by Gasteiger charge is -2.08. The quantitative estimate of drug-likeness (QED) is 0.688. The molecule has 1 aromatic heterocycles. The van der Waals surface area contributed by atoms with E-state index in [1.54, 1.807) is 48.7 Å². The number of carbonyl (C=O) groups is 2. The summed E-state index contributed by atoms with van der Waals surface area (Å²) in [5.74, 6) is -1.02. The van der Waals surface area contributed by atoms with E-state index >= 15 is 0 Å². The largest absolute Gasteiger partial charge is 0.464 e. The summed E-state index contributed by atoms with van der Waals surface area (Å²) >= 11 is 0. The highest BCUT2D eigenvalue weighted by Crippen LogP contribution is 2.05. The Morgan fingerprint density at radius 3 is 2.43 bits per heavy atom. The zero-order valence-electron chi connectivity index (χ0n) is 11.4. The van der Waals surface area contributed by atoms with E-state index < -0.39 is 5.97 Å². The van der Waals surface area contributed by atoms with Crippen LogP contribution in [-0.2, 0) is 9.53 Å². The van der Waals surface area contributed by atoms with Crippen LogP contribution in [0.2, 0.25) is 0 Å². The number of amides is 1. The molecule has 0 saturated heterocycles. The molecule has 1 aromatic carbocycles. The Labute approximate surface area is 122 Å². The summed E-state index contributed by atoms with van der Waals surface area (Å²) in [6.45, 7) is 0. The summed E-state index contributed by atoms with van der Waals surface area (Å²) in [7, 11) is 1.25. The third-order valence-corrected chi connectivity index (χ3v) is 2.67. The van der Waals surface area contributed by atoms with Gasteiger partial charge in [0.2, 0.25) is 0 Å². The summed E-state index contributed by atoms with van der Waals surface area (Å²) < 4.78 is 4.67. The van der Waals surface area contributed by atoms with Crippen LogP contribution in [-0.4, -0.2) is 24.0 Å². The second kappa shape index (κ2) is 7.00. The van der Waals surface area contributed by atoms with E-state index in [1.165, 1.54) is 13.2 Å². The fourth-order valence-corrected chi connectivity index (χ4v) is 1.65. The van der Waals surface area contributed by atoms with Crippen LogP contribution >= 0.6 is 0 Å². The highest BCUT2D eigenvalue weighted by molar-refractivity contribution is 6.03. The number of esters is 1. The van der Waals surface area contributed by atoms with Gasteiger partial charge in [-0.15, -0.1) is 0 Å². The molecule has 0 atom stereocenters. The van der Waals surface area contributed by atoms with Gasteiger partial charge in [-0.1, -0.05) is 24.3 Å². The van der Waals surface area contributed by atoms with Crippen LogP contribution in [0.3, 0.4) is 0 Å². The van der Waals surface area contributed by atoms with E-state index in [0.29, 0.717) is 11.3 Å². The van der Waals surface area contributed by atoms with Crippen molar-refractivity contribution in [2.24, 2.45) is 0 Å². The molecule has 0 aliphatic heterocycles. The minimum absolute atomic E-state index is 0.0325. The van der Waals surface area contributed by atoms with E-state index in [2.05, 4.69) is 15.0 Å². The van der Waals surface area contributed by atoms with Gasteiger partial charge in [-0.3, -0.25) is 9.78 Å². The Balaban J connectivity index is 2.24. The van der Waals surface area contributed by atoms with E-state index in [-0.39, 0.29) is 11.6 Å². The van der Waals surface area contributed by atoms with Crippen LogP contribution in [0.4, 0.5) is 0 Å². The monoisotopic (exact) mass is 282 g/mol. The molecule has 0 bridgehead atoms. The third kappa shape index (κ3) is 4.01. The number of nitrogens with zero attached hydrogens (tertiary/aromatic N) is 1. The number of benzene rings is 1. The van der Waals surface area contributed by atoms with Crippen molar-refractivity contribution in [3.63, 3.8) is 0 Å². The number of hydrogen-bond donors (Lipinski definition) is 1. The van der Waals surface area contributed by atoms with Gasteiger partial charge in [-0.25, -0.2) is 4.79 Å². The lowest BCUT2D eigenvalue weighted by atomic mass is 10.2. The summed E-state index contributed by atoms with van der Waals surface area (Å²) in [6, 6.07) is 13.9. The summed E-state index contributed by atoms with van der Waals surface area (Å²) in [5.41, 5.74) is 1.03. The van der Waals surface area contributed by atoms with Gasteiger partial charge < -0.3 is 10.1 Å². The van der Waals surface area contributed by atoms with Crippen LogP contribution in [0.1, 0.15) is 16.1 Å². The lowest BCUT2D eigenvalue weighted by molar-refractivity contribution is -0.136. The Hall–Kier alpha value is -2.95. The maximum atomic E-state index is 12.1. The van der Waals surface area contributed by atoms with Crippen molar-refractivity contribution in [3.8, 4) is 0 Å². The fourth-order valence-electron chi connectivity index (χ4n) is 1.65. The Kier molecular flexibility index (Phi) is 4.82. The van der Waals surface area contributed by atoms with Gasteiger partial charge in [0.15, 0.2) is 0 Å². The highest BCUT2D eigenvalue weighted by atomic mass is 16.5. The molecule has 0 saturated carbocycles. The zero-order chi connectivity index (χ0) is 15.1. The standard InChI is InChI=1S/C16H14N2O3/c1-21-16(20)14(11-13-9-5-6-10-17-13)18-15(19)12-7-3-2-4-8-12/h2-11H,1H3,(H,18,19). The average Bonchev–Trinajstić information content (AvgIpc) is 2.55. The SMILES string of the molecule is COC(=O)C(=Cc1ccccn1)NC(=O)c1ccccc1. The number of carbonyl (C=O) groups excluding carboxylic acids is 2. The molecule has 21 heavy (non-hydrogen) atoms. The van der Waals surface area contributed by atoms with Crippen molar-refractivity contribution in [2.75, 3.05) is 7.11 Å². The summed E-state index contributed by atoms with van der Waals surface area (Å²) in [5, 5.41) is 2.54. The number of rotatable bonds is 4. The van der Waals surface area contributed by atoms with Crippen molar-refractivity contribution in [3.05, 3.63) is 71.7 Å². The normalized spacial score (nSPS) is 10.8. The van der Waals surface area contributed by atoms with Gasteiger partial charge >= 0.3 is 5.97 Å². The Bertz CT molecular complexity index is 652. The van der Waals surface area contributed by atoms with E-state index in [9.17, 15) is 9.59 Å². The first-order chi connectivity index (χ1) is 10.2. The van der Waals surface area contributed by atoms with Gasteiger partial charge in [-0.05, 0) is 30.3 Å². The molecule has 1 heterocycles. The van der Waals surface area contributed by atoms with Gasteiger partial charge in [0, 0.05) is 11.8 Å². The van der Waals surface area contributed by atoms with Crippen LogP contribution in [0.15, 0.2) is 60.4 Å². The molecule has 0 radical (unpaired) electrons. The number of aromatic nitrogens is 1. The molecule has 106 valence electrons. The number of methoxy groups -OCH3 is 1. The predicted octanol–water partition coefficient (Wildman–Crippen LogP) is 2.03. The minimum Gasteiger partial charge on any atom is -0.464 e. The van der Waals surface area contributed by atoms with Crippen molar-refractivity contribution >= 4 is 18.0 Å². The predicted molar refractivity (Wildman–Crippen MR) is 78.1 cm³/mol. The number of pyridine rings is 1. The first-order valence-corrected chi connectivity index (χ1v) is 6.28. The maximum Gasteiger partial charge on any atom is 0.354 e. The number of hydrogen-bond acceptors (Lipinski definition) is 4. The molecule has 0 aliphatic carbocycles. The second-order valence-corrected chi connectivity index (χ2v) is 4.12. The van der Waals surface area contributed by atoms with Crippen molar-refractivity contribution in [1.82, 2.24) is 10.3 Å². The smallest absolute Gasteiger partial charge is 0.354 e. The van der Waals surface area contributed by atoms with Crippen molar-refractivity contribution in [1.29, 1.82) is 0 Å². The van der Waals surface area contributed by atoms with Gasteiger partial charge in [0.1, 0.15) is 5.70 Å². The van der Waals surface area contributed by atoms with Crippen LogP contribution in [0.5, 0.6) is 0 Å². The first-order valence-electron chi connectivity index (χ1n) is 6.28. The summed E-state index contributed by atoms with van der Waals surface area (Å²) in [6.07, 6.45) is 3.06. The topological polar surface area (TPSA) is 68.3 Å². The molecule has 0 spiro atoms. The molecule has 2 aromatic rings. The zero-order valence-corrected chi connectivity index (χ0v) is 11.4. The van der Waals surface area contributed by atoms with Crippen molar-refractivity contribution in [2.45, 2.75) is 0 Å². The molecule has 5 nitrogen and oxygen atoms in total. The van der Waals surface area contributed by atoms with Crippen LogP contribution in [0.25, 0.3) is 6.08 Å². The third-order valence-electron chi connectivity index (χ3n) is 2.67. The molecule has 0 fully saturated rings. The minimum atomic E-state index is -0.634. The van der Waals surface area contributed by atoms with E-state index in [0.717, 1.165) is 0 Å². The fraction of sp³-hybridized carbons (Fsp3) is 0.0625. The summed E-state index contributed by atoms with van der Waals surface area (Å²) in [4.78, 5) is 27.9. The Morgan fingerprint density at radius 2 is 1.81 bits per heavy atom. The second-order valence-electron chi connectivity index (χ2n) is 4.12. The van der Waals surface area contributed by atoms with Crippen LogP contribution in [0, 0.1) is 0 Å². The molecule has 1 amide bonds.